The van der Waals surface area contributed by atoms with Crippen molar-refractivity contribution in [3.63, 3.8) is 0 Å². The van der Waals surface area contributed by atoms with Crippen LogP contribution in [0.1, 0.15) is 19.4 Å². The van der Waals surface area contributed by atoms with Crippen molar-refractivity contribution in [1.82, 2.24) is 10.2 Å². The van der Waals surface area contributed by atoms with Crippen molar-refractivity contribution in [1.29, 1.82) is 0 Å². The van der Waals surface area contributed by atoms with Gasteiger partial charge in [-0.1, -0.05) is 6.07 Å². The van der Waals surface area contributed by atoms with E-state index in [-0.39, 0.29) is 18.4 Å². The second-order valence-electron chi connectivity index (χ2n) is 5.80. The van der Waals surface area contributed by atoms with E-state index in [0.29, 0.717) is 24.5 Å². The Morgan fingerprint density at radius 2 is 2.19 bits per heavy atom. The molecule has 0 aliphatic carbocycles. The van der Waals surface area contributed by atoms with Crippen LogP contribution in [0.5, 0.6) is 0 Å². The van der Waals surface area contributed by atoms with E-state index in [1.165, 1.54) is 0 Å². The first kappa shape index (κ1) is 15.3. The van der Waals surface area contributed by atoms with Crippen LogP contribution in [-0.2, 0) is 9.59 Å². The van der Waals surface area contributed by atoms with Crippen molar-refractivity contribution < 1.29 is 9.59 Å². The number of hydrogen-bond donors (Lipinski definition) is 3. The molecule has 0 saturated carbocycles. The van der Waals surface area contributed by atoms with E-state index >= 15 is 0 Å². The lowest BCUT2D eigenvalue weighted by Gasteiger charge is -2.40. The molecule has 2 amide bonds. The molecular weight excluding hydrogens is 268 g/mol. The number of amides is 2. The highest BCUT2D eigenvalue weighted by Crippen LogP contribution is 2.21. The van der Waals surface area contributed by atoms with Crippen molar-refractivity contribution >= 4 is 23.2 Å². The van der Waals surface area contributed by atoms with Crippen molar-refractivity contribution in [3.8, 4) is 0 Å². The molecule has 4 N–H and O–H groups in total. The number of carbonyl (C=O) groups is 2. The van der Waals surface area contributed by atoms with Gasteiger partial charge < -0.3 is 16.4 Å². The average molecular weight is 290 g/mol. The van der Waals surface area contributed by atoms with Crippen molar-refractivity contribution in [2.45, 2.75) is 26.3 Å². The maximum absolute atomic E-state index is 12.2. The van der Waals surface area contributed by atoms with Crippen LogP contribution in [0.3, 0.4) is 0 Å². The molecule has 1 aliphatic rings. The maximum Gasteiger partial charge on any atom is 0.240 e. The van der Waals surface area contributed by atoms with Crippen LogP contribution < -0.4 is 16.4 Å². The molecule has 0 radical (unpaired) electrons. The number of carbonyl (C=O) groups excluding carboxylic acids is 2. The molecule has 2 rings (SSSR count). The lowest BCUT2D eigenvalue weighted by Crippen LogP contribution is -2.62. The zero-order chi connectivity index (χ0) is 15.6. The molecule has 1 fully saturated rings. The summed E-state index contributed by atoms with van der Waals surface area (Å²) in [5, 5.41) is 5.67. The fourth-order valence-electron chi connectivity index (χ4n) is 2.37. The first-order chi connectivity index (χ1) is 9.82. The molecular formula is C15H22N4O2. The van der Waals surface area contributed by atoms with Crippen molar-refractivity contribution in [2.75, 3.05) is 30.7 Å². The van der Waals surface area contributed by atoms with E-state index in [1.54, 1.807) is 12.1 Å². The van der Waals surface area contributed by atoms with Gasteiger partial charge in [0.2, 0.25) is 11.8 Å². The van der Waals surface area contributed by atoms with Gasteiger partial charge in [0.05, 0.1) is 12.1 Å². The Labute approximate surface area is 124 Å². The minimum absolute atomic E-state index is 0.0540. The van der Waals surface area contributed by atoms with E-state index in [4.69, 9.17) is 5.73 Å². The topological polar surface area (TPSA) is 87.5 Å². The first-order valence-electron chi connectivity index (χ1n) is 7.00. The third kappa shape index (κ3) is 3.16. The first-order valence-corrected chi connectivity index (χ1v) is 7.00. The summed E-state index contributed by atoms with van der Waals surface area (Å²) in [7, 11) is 0. The van der Waals surface area contributed by atoms with Gasteiger partial charge in [0.15, 0.2) is 0 Å². The summed E-state index contributed by atoms with van der Waals surface area (Å²) in [6, 6.07) is 5.41. The third-order valence-electron chi connectivity index (χ3n) is 4.00. The summed E-state index contributed by atoms with van der Waals surface area (Å²) in [6.45, 7) is 6.90. The lowest BCUT2D eigenvalue weighted by atomic mass is 9.99. The fraction of sp³-hybridized carbons (Fsp3) is 0.467. The standard InChI is InChI=1S/C15H22N4O2/c1-10-11(16)5-4-6-12(10)18-13(20)9-19-8-7-17-14(21)15(19,2)3/h4-6H,7-9,16H2,1-3H3,(H,17,21)(H,18,20). The summed E-state index contributed by atoms with van der Waals surface area (Å²) in [5.41, 5.74) is 7.35. The zero-order valence-corrected chi connectivity index (χ0v) is 12.7. The van der Waals surface area contributed by atoms with Crippen LogP contribution in [0.15, 0.2) is 18.2 Å². The molecule has 21 heavy (non-hydrogen) atoms. The Bertz CT molecular complexity index is 569. The molecule has 0 bridgehead atoms. The summed E-state index contributed by atoms with van der Waals surface area (Å²) in [5.74, 6) is -0.201. The van der Waals surface area contributed by atoms with Gasteiger partial charge in [-0.2, -0.15) is 0 Å². The summed E-state index contributed by atoms with van der Waals surface area (Å²) in [6.07, 6.45) is 0. The van der Waals surface area contributed by atoms with E-state index in [0.717, 1.165) is 5.56 Å². The predicted molar refractivity (Wildman–Crippen MR) is 82.9 cm³/mol. The lowest BCUT2D eigenvalue weighted by molar-refractivity contribution is -0.136. The number of nitrogens with one attached hydrogen (secondary N) is 2. The van der Waals surface area contributed by atoms with Gasteiger partial charge >= 0.3 is 0 Å². The van der Waals surface area contributed by atoms with Gasteiger partial charge in [-0.3, -0.25) is 14.5 Å². The van der Waals surface area contributed by atoms with E-state index in [9.17, 15) is 9.59 Å². The maximum atomic E-state index is 12.2. The SMILES string of the molecule is Cc1c(N)cccc1NC(=O)CN1CCNC(=O)C1(C)C. The Kier molecular flexibility index (Phi) is 4.18. The summed E-state index contributed by atoms with van der Waals surface area (Å²) >= 11 is 0. The Morgan fingerprint density at radius 3 is 2.90 bits per heavy atom. The summed E-state index contributed by atoms with van der Waals surface area (Å²) in [4.78, 5) is 26.0. The largest absolute Gasteiger partial charge is 0.398 e. The monoisotopic (exact) mass is 290 g/mol. The normalized spacial score (nSPS) is 18.1. The van der Waals surface area contributed by atoms with Crippen LogP contribution in [0.25, 0.3) is 0 Å². The van der Waals surface area contributed by atoms with E-state index in [2.05, 4.69) is 10.6 Å². The summed E-state index contributed by atoms with van der Waals surface area (Å²) < 4.78 is 0. The number of rotatable bonds is 3. The number of benzene rings is 1. The number of nitrogens with two attached hydrogens (primary N) is 1. The van der Waals surface area contributed by atoms with Gasteiger partial charge in [0.1, 0.15) is 0 Å². The third-order valence-corrected chi connectivity index (χ3v) is 4.00. The molecule has 1 aliphatic heterocycles. The van der Waals surface area contributed by atoms with Crippen LogP contribution in [-0.4, -0.2) is 41.9 Å². The van der Waals surface area contributed by atoms with Crippen LogP contribution >= 0.6 is 0 Å². The molecule has 1 aromatic rings. The van der Waals surface area contributed by atoms with Gasteiger partial charge in [-0.25, -0.2) is 0 Å². The van der Waals surface area contributed by atoms with Gasteiger partial charge in [-0.05, 0) is 38.5 Å². The number of nitrogens with zero attached hydrogens (tertiary/aromatic N) is 1. The highest BCUT2D eigenvalue weighted by atomic mass is 16.2. The zero-order valence-electron chi connectivity index (χ0n) is 12.7. The Morgan fingerprint density at radius 1 is 1.48 bits per heavy atom. The van der Waals surface area contributed by atoms with Gasteiger partial charge in [-0.15, -0.1) is 0 Å². The van der Waals surface area contributed by atoms with Crippen LogP contribution in [0, 0.1) is 6.92 Å². The van der Waals surface area contributed by atoms with Crippen molar-refractivity contribution in [2.24, 2.45) is 0 Å². The van der Waals surface area contributed by atoms with Crippen LogP contribution in [0.2, 0.25) is 0 Å². The Balaban J connectivity index is 2.05. The van der Waals surface area contributed by atoms with Crippen LogP contribution in [0.4, 0.5) is 11.4 Å². The highest BCUT2D eigenvalue weighted by molar-refractivity contribution is 5.94. The van der Waals surface area contributed by atoms with Gasteiger partial charge in [0, 0.05) is 24.5 Å². The smallest absolute Gasteiger partial charge is 0.240 e. The fourth-order valence-corrected chi connectivity index (χ4v) is 2.37. The van der Waals surface area contributed by atoms with E-state index < -0.39 is 5.54 Å². The predicted octanol–water partition coefficient (Wildman–Crippen LogP) is 0.726. The molecule has 1 saturated heterocycles. The molecule has 114 valence electrons. The van der Waals surface area contributed by atoms with E-state index in [1.807, 2.05) is 31.7 Å². The minimum atomic E-state index is -0.680. The highest BCUT2D eigenvalue weighted by Gasteiger charge is 2.38. The van der Waals surface area contributed by atoms with Gasteiger partial charge in [0.25, 0.3) is 0 Å². The average Bonchev–Trinajstić information content (AvgIpc) is 2.41. The minimum Gasteiger partial charge on any atom is -0.398 e. The molecule has 0 atom stereocenters. The molecule has 0 aromatic heterocycles. The number of nitrogen functional groups attached to an aromatic ring is 1. The number of hydrogen-bond acceptors (Lipinski definition) is 4. The molecule has 6 heteroatoms. The molecule has 1 aromatic carbocycles. The number of piperazine rings is 1. The number of anilines is 2. The molecule has 1 heterocycles. The molecule has 0 spiro atoms. The molecule has 0 unspecified atom stereocenters. The second kappa shape index (κ2) is 5.73. The Hall–Kier alpha value is -2.08. The second-order valence-corrected chi connectivity index (χ2v) is 5.80. The quantitative estimate of drug-likeness (QED) is 0.716. The molecule has 6 nitrogen and oxygen atoms in total. The van der Waals surface area contributed by atoms with Crippen molar-refractivity contribution in [3.05, 3.63) is 23.8 Å².